The van der Waals surface area contributed by atoms with Crippen LogP contribution < -0.4 is 0 Å². The molecule has 0 N–H and O–H groups in total. The summed E-state index contributed by atoms with van der Waals surface area (Å²) in [5.74, 6) is 2.57. The predicted molar refractivity (Wildman–Crippen MR) is 141 cm³/mol. The number of hydrogen-bond donors (Lipinski definition) is 0. The number of ether oxygens (including phenoxy) is 1. The van der Waals surface area contributed by atoms with Gasteiger partial charge in [0.05, 0.1) is 0 Å². The minimum Gasteiger partial charge on any atom is -0.462 e. The van der Waals surface area contributed by atoms with Crippen LogP contribution in [0.15, 0.2) is 11.6 Å². The van der Waals surface area contributed by atoms with E-state index >= 15 is 0 Å². The van der Waals surface area contributed by atoms with E-state index in [1.165, 1.54) is 38.2 Å². The Kier molecular flexibility index (Phi) is 5.62. The van der Waals surface area contributed by atoms with Gasteiger partial charge in [-0.25, -0.2) is 0 Å². The van der Waals surface area contributed by atoms with Crippen LogP contribution >= 0.6 is 0 Å². The van der Waals surface area contributed by atoms with Gasteiger partial charge in [-0.15, -0.1) is 0 Å². The van der Waals surface area contributed by atoms with Gasteiger partial charge < -0.3 is 4.74 Å². The Morgan fingerprint density at radius 1 is 0.914 bits per heavy atom. The summed E-state index contributed by atoms with van der Waals surface area (Å²) in [6, 6.07) is 0. The number of rotatable bonds is 1. The Hall–Kier alpha value is -1.12. The molecule has 4 saturated carbocycles. The minimum atomic E-state index is -0.178. The molecule has 5 aliphatic carbocycles. The molecular formula is C32H50O3. The lowest BCUT2D eigenvalue weighted by atomic mass is 9.33. The molecule has 3 nitrogen and oxygen atoms in total. The quantitative estimate of drug-likeness (QED) is 0.358. The third-order valence-electron chi connectivity index (χ3n) is 13.4. The second-order valence-electron chi connectivity index (χ2n) is 15.2. The number of carbonyl (C=O) groups is 2. The summed E-state index contributed by atoms with van der Waals surface area (Å²) < 4.78 is 5.85. The van der Waals surface area contributed by atoms with Gasteiger partial charge in [-0.05, 0) is 103 Å². The van der Waals surface area contributed by atoms with Crippen LogP contribution in [0.25, 0.3) is 0 Å². The van der Waals surface area contributed by atoms with Gasteiger partial charge in [0.1, 0.15) is 6.10 Å². The second kappa shape index (κ2) is 7.70. The van der Waals surface area contributed by atoms with Crippen LogP contribution in [-0.4, -0.2) is 17.9 Å². The van der Waals surface area contributed by atoms with E-state index in [4.69, 9.17) is 4.74 Å². The maximum atomic E-state index is 14.4. The van der Waals surface area contributed by atoms with Gasteiger partial charge in [-0.3, -0.25) is 9.59 Å². The molecule has 0 aromatic carbocycles. The van der Waals surface area contributed by atoms with Gasteiger partial charge in [0.2, 0.25) is 0 Å². The number of esters is 1. The molecule has 0 aromatic heterocycles. The maximum absolute atomic E-state index is 14.4. The molecule has 0 spiro atoms. The first-order valence-electron chi connectivity index (χ1n) is 14.5. The van der Waals surface area contributed by atoms with Crippen LogP contribution in [0.2, 0.25) is 0 Å². The molecule has 10 atom stereocenters. The van der Waals surface area contributed by atoms with Crippen LogP contribution in [0.4, 0.5) is 0 Å². The van der Waals surface area contributed by atoms with E-state index in [1.54, 1.807) is 0 Å². The van der Waals surface area contributed by atoms with Crippen LogP contribution in [0.5, 0.6) is 0 Å². The van der Waals surface area contributed by atoms with E-state index in [0.717, 1.165) is 31.6 Å². The number of ketones is 1. The Balaban J connectivity index is 1.59. The summed E-state index contributed by atoms with van der Waals surface area (Å²) in [5.41, 5.74) is 1.76. The summed E-state index contributed by atoms with van der Waals surface area (Å²) in [7, 11) is 0. The van der Waals surface area contributed by atoms with E-state index < -0.39 is 0 Å². The summed E-state index contributed by atoms with van der Waals surface area (Å²) in [6.45, 7) is 21.0. The SMILES string of the molecule is CC(=O)O[C@H]1CC[C@@]2(C)C(CC[C@]3(C)C2C(=O)C=C2C4[C@@H](C)[C@H](C)CC[C@]4(C)CC[C@]23C)C1(C)C. The van der Waals surface area contributed by atoms with Crippen LogP contribution in [0.1, 0.15) is 114 Å². The lowest BCUT2D eigenvalue weighted by molar-refractivity contribution is -0.210. The number of allylic oxidation sites excluding steroid dienone is 2. The van der Waals surface area contributed by atoms with Crippen molar-refractivity contribution in [3.8, 4) is 0 Å². The number of carbonyl (C=O) groups excluding carboxylic acids is 2. The average Bonchev–Trinajstić information content (AvgIpc) is 2.74. The lowest BCUT2D eigenvalue weighted by Crippen LogP contribution is -2.67. The highest BCUT2D eigenvalue weighted by Crippen LogP contribution is 2.75. The molecule has 5 rings (SSSR count). The molecule has 0 heterocycles. The van der Waals surface area contributed by atoms with E-state index in [2.05, 4.69) is 61.5 Å². The van der Waals surface area contributed by atoms with Crippen molar-refractivity contribution in [1.82, 2.24) is 0 Å². The average molecular weight is 483 g/mol. The molecule has 0 saturated heterocycles. The van der Waals surface area contributed by atoms with Crippen LogP contribution in [-0.2, 0) is 14.3 Å². The summed E-state index contributed by atoms with van der Waals surface area (Å²) in [4.78, 5) is 26.2. The lowest BCUT2D eigenvalue weighted by Gasteiger charge is -2.70. The first-order valence-corrected chi connectivity index (χ1v) is 14.5. The van der Waals surface area contributed by atoms with Crippen LogP contribution in [0, 0.1) is 56.7 Å². The second-order valence-corrected chi connectivity index (χ2v) is 15.2. The summed E-state index contributed by atoms with van der Waals surface area (Å²) in [6.07, 6.45) is 11.3. The standard InChI is InChI=1S/C32H50O3/c1-19-10-13-29(6)16-17-31(8)22(26(29)20(19)2)18-23(34)27-30(7)14-12-25(35-21(3)33)28(4,5)24(30)11-15-32(27,31)9/h18-20,24-27H,10-17H2,1-9H3/t19-,20+,24?,25+,26?,27?,29-,30+,31-,32-/m1/s1. The topological polar surface area (TPSA) is 43.4 Å². The monoisotopic (exact) mass is 482 g/mol. The molecule has 35 heavy (non-hydrogen) atoms. The van der Waals surface area contributed by atoms with Crippen molar-refractivity contribution >= 4 is 11.8 Å². The first kappa shape index (κ1) is 25.5. The van der Waals surface area contributed by atoms with Crippen molar-refractivity contribution in [3.05, 3.63) is 11.6 Å². The van der Waals surface area contributed by atoms with Crippen molar-refractivity contribution in [2.45, 2.75) is 120 Å². The zero-order valence-electron chi connectivity index (χ0n) is 23.9. The summed E-state index contributed by atoms with van der Waals surface area (Å²) >= 11 is 0. The fraction of sp³-hybridized carbons (Fsp3) is 0.875. The Labute approximate surface area is 214 Å². The Morgan fingerprint density at radius 3 is 2.26 bits per heavy atom. The number of hydrogen-bond acceptors (Lipinski definition) is 3. The molecule has 0 bridgehead atoms. The number of fused-ring (bicyclic) bond motifs is 7. The predicted octanol–water partition coefficient (Wildman–Crippen LogP) is 7.77. The highest BCUT2D eigenvalue weighted by atomic mass is 16.5. The maximum Gasteiger partial charge on any atom is 0.302 e. The van der Waals surface area contributed by atoms with Gasteiger partial charge in [0.15, 0.2) is 5.78 Å². The van der Waals surface area contributed by atoms with Gasteiger partial charge in [-0.2, -0.15) is 0 Å². The molecule has 0 aromatic rings. The molecule has 3 heteroatoms. The third kappa shape index (κ3) is 3.21. The van der Waals surface area contributed by atoms with Crippen LogP contribution in [0.3, 0.4) is 0 Å². The summed E-state index contributed by atoms with van der Waals surface area (Å²) in [5, 5.41) is 0. The van der Waals surface area contributed by atoms with Crippen molar-refractivity contribution in [1.29, 1.82) is 0 Å². The molecule has 4 fully saturated rings. The zero-order valence-corrected chi connectivity index (χ0v) is 23.9. The fourth-order valence-corrected chi connectivity index (χ4v) is 11.1. The molecule has 5 aliphatic rings. The normalized spacial score (nSPS) is 52.8. The largest absolute Gasteiger partial charge is 0.462 e. The smallest absolute Gasteiger partial charge is 0.302 e. The zero-order chi connectivity index (χ0) is 25.8. The molecular weight excluding hydrogens is 432 g/mol. The minimum absolute atomic E-state index is 0.00843. The van der Waals surface area contributed by atoms with E-state index in [1.807, 2.05) is 0 Å². The molecule has 3 unspecified atom stereocenters. The fourth-order valence-electron chi connectivity index (χ4n) is 11.1. The molecule has 0 aliphatic heterocycles. The van der Waals surface area contributed by atoms with Crippen molar-refractivity contribution in [2.75, 3.05) is 0 Å². The highest BCUT2D eigenvalue weighted by Gasteiger charge is 2.70. The van der Waals surface area contributed by atoms with Crippen molar-refractivity contribution in [3.63, 3.8) is 0 Å². The Morgan fingerprint density at radius 2 is 1.60 bits per heavy atom. The molecule has 0 radical (unpaired) electrons. The van der Waals surface area contributed by atoms with Crippen molar-refractivity contribution < 1.29 is 14.3 Å². The van der Waals surface area contributed by atoms with Gasteiger partial charge >= 0.3 is 5.97 Å². The Bertz CT molecular complexity index is 962. The van der Waals surface area contributed by atoms with Gasteiger partial charge in [0.25, 0.3) is 0 Å². The van der Waals surface area contributed by atoms with E-state index in [9.17, 15) is 9.59 Å². The van der Waals surface area contributed by atoms with Crippen molar-refractivity contribution in [2.24, 2.45) is 56.7 Å². The molecule has 196 valence electrons. The highest BCUT2D eigenvalue weighted by molar-refractivity contribution is 5.95. The molecule has 0 amide bonds. The van der Waals surface area contributed by atoms with E-state index in [-0.39, 0.29) is 39.7 Å². The third-order valence-corrected chi connectivity index (χ3v) is 13.4. The van der Waals surface area contributed by atoms with Gasteiger partial charge in [0, 0.05) is 18.3 Å². The first-order chi connectivity index (χ1) is 16.1. The van der Waals surface area contributed by atoms with Gasteiger partial charge in [-0.1, -0.05) is 61.0 Å². The van der Waals surface area contributed by atoms with E-state index in [0.29, 0.717) is 29.0 Å².